The normalized spacial score (nSPS) is 11.1. The molecule has 0 aliphatic carbocycles. The van der Waals surface area contributed by atoms with E-state index in [1.54, 1.807) is 7.11 Å². The van der Waals surface area contributed by atoms with E-state index < -0.39 is 0 Å². The van der Waals surface area contributed by atoms with E-state index in [1.165, 1.54) is 33.0 Å². The van der Waals surface area contributed by atoms with Gasteiger partial charge in [0.2, 0.25) is 0 Å². The molecule has 0 atom stereocenters. The highest BCUT2D eigenvalue weighted by atomic mass is 16.6. The summed E-state index contributed by atoms with van der Waals surface area (Å²) in [5.41, 5.74) is 4.83. The zero-order valence-corrected chi connectivity index (χ0v) is 17.6. The maximum Gasteiger partial charge on any atom is 0.127 e. The van der Waals surface area contributed by atoms with Crippen LogP contribution in [0.2, 0.25) is 0 Å². The summed E-state index contributed by atoms with van der Waals surface area (Å²) in [6.07, 6.45) is 0. The Morgan fingerprint density at radius 3 is 2.14 bits per heavy atom. The molecule has 3 aromatic rings. The van der Waals surface area contributed by atoms with Gasteiger partial charge >= 0.3 is 0 Å². The van der Waals surface area contributed by atoms with Crippen LogP contribution >= 0.6 is 0 Å². The molecule has 3 aromatic carbocycles. The molecule has 3 rings (SSSR count). The monoisotopic (exact) mass is 394 g/mol. The van der Waals surface area contributed by atoms with Crippen molar-refractivity contribution in [1.82, 2.24) is 0 Å². The van der Waals surface area contributed by atoms with Gasteiger partial charge < -0.3 is 18.9 Å². The van der Waals surface area contributed by atoms with Gasteiger partial charge in [0.15, 0.2) is 0 Å². The summed E-state index contributed by atoms with van der Waals surface area (Å²) in [5.74, 6) is 0.912. The number of rotatable bonds is 11. The van der Waals surface area contributed by atoms with E-state index in [2.05, 4.69) is 62.4 Å². The Bertz CT molecular complexity index is 906. The molecule has 0 radical (unpaired) electrons. The van der Waals surface area contributed by atoms with Crippen molar-refractivity contribution in [3.8, 4) is 16.9 Å². The van der Waals surface area contributed by atoms with Gasteiger partial charge in [-0.3, -0.25) is 0 Å². The summed E-state index contributed by atoms with van der Waals surface area (Å²) < 4.78 is 22.1. The zero-order valence-electron chi connectivity index (χ0n) is 17.6. The summed E-state index contributed by atoms with van der Waals surface area (Å²) in [6, 6.07) is 19.2. The van der Waals surface area contributed by atoms with Crippen molar-refractivity contribution in [2.24, 2.45) is 0 Å². The van der Waals surface area contributed by atoms with Gasteiger partial charge in [-0.25, -0.2) is 0 Å². The van der Waals surface area contributed by atoms with Crippen LogP contribution in [-0.4, -0.2) is 46.8 Å². The number of methoxy groups -OCH3 is 1. The standard InChI is InChI=1S/C25H30O4/c1-19-17-23-22(21-7-5-4-6-8-21)10-9-20(2)25(23)24(18-19)29-16-15-28-14-13-27-12-11-26-3/h4-10,17-18H,11-16H2,1-3H3. The smallest absolute Gasteiger partial charge is 0.127 e. The van der Waals surface area contributed by atoms with Crippen molar-refractivity contribution in [3.63, 3.8) is 0 Å². The minimum absolute atomic E-state index is 0.506. The molecule has 0 aromatic heterocycles. The molecule has 4 heteroatoms. The highest BCUT2D eigenvalue weighted by Crippen LogP contribution is 2.37. The molecule has 0 spiro atoms. The van der Waals surface area contributed by atoms with Crippen LogP contribution < -0.4 is 4.74 Å². The number of aryl methyl sites for hydroxylation is 2. The summed E-state index contributed by atoms with van der Waals surface area (Å²) >= 11 is 0. The maximum atomic E-state index is 6.13. The second-order valence-corrected chi connectivity index (χ2v) is 7.05. The molecule has 0 amide bonds. The first kappa shape index (κ1) is 21.3. The van der Waals surface area contributed by atoms with Crippen LogP contribution in [0.1, 0.15) is 11.1 Å². The Morgan fingerprint density at radius 2 is 1.41 bits per heavy atom. The van der Waals surface area contributed by atoms with E-state index in [4.69, 9.17) is 18.9 Å². The Kier molecular flexibility index (Phi) is 8.05. The topological polar surface area (TPSA) is 36.9 Å². The number of hydrogen-bond acceptors (Lipinski definition) is 4. The average Bonchev–Trinajstić information content (AvgIpc) is 2.73. The maximum absolute atomic E-state index is 6.13. The molecule has 29 heavy (non-hydrogen) atoms. The second kappa shape index (κ2) is 11.0. The Hall–Kier alpha value is -2.40. The summed E-state index contributed by atoms with van der Waals surface area (Å²) in [4.78, 5) is 0. The van der Waals surface area contributed by atoms with Crippen LogP contribution in [0.3, 0.4) is 0 Å². The molecule has 0 saturated heterocycles. The number of ether oxygens (including phenoxy) is 4. The highest BCUT2D eigenvalue weighted by molar-refractivity contribution is 6.02. The lowest BCUT2D eigenvalue weighted by Gasteiger charge is -2.16. The van der Waals surface area contributed by atoms with Gasteiger partial charge in [0.25, 0.3) is 0 Å². The van der Waals surface area contributed by atoms with E-state index >= 15 is 0 Å². The second-order valence-electron chi connectivity index (χ2n) is 7.05. The first-order valence-corrected chi connectivity index (χ1v) is 10.1. The lowest BCUT2D eigenvalue weighted by molar-refractivity contribution is 0.0181. The molecular weight excluding hydrogens is 364 g/mol. The number of benzene rings is 3. The fourth-order valence-electron chi connectivity index (χ4n) is 3.41. The van der Waals surface area contributed by atoms with Crippen molar-refractivity contribution in [2.75, 3.05) is 46.8 Å². The third-order valence-electron chi connectivity index (χ3n) is 4.80. The Labute approximate surface area is 173 Å². The molecule has 0 bridgehead atoms. The quantitative estimate of drug-likeness (QED) is 0.420. The van der Waals surface area contributed by atoms with Crippen molar-refractivity contribution in [1.29, 1.82) is 0 Å². The third-order valence-corrected chi connectivity index (χ3v) is 4.80. The summed E-state index contributed by atoms with van der Waals surface area (Å²) in [6.45, 7) is 7.59. The van der Waals surface area contributed by atoms with Crippen molar-refractivity contribution in [3.05, 3.63) is 65.7 Å². The lowest BCUT2D eigenvalue weighted by Crippen LogP contribution is -2.12. The van der Waals surface area contributed by atoms with Gasteiger partial charge in [-0.2, -0.15) is 0 Å². The van der Waals surface area contributed by atoms with Crippen molar-refractivity contribution >= 4 is 10.8 Å². The summed E-state index contributed by atoms with van der Waals surface area (Å²) in [7, 11) is 1.66. The predicted octanol–water partition coefficient (Wildman–Crippen LogP) is 5.18. The summed E-state index contributed by atoms with van der Waals surface area (Å²) in [5, 5.41) is 2.39. The van der Waals surface area contributed by atoms with Gasteiger partial charge in [-0.15, -0.1) is 0 Å². The van der Waals surface area contributed by atoms with Crippen molar-refractivity contribution < 1.29 is 18.9 Å². The van der Waals surface area contributed by atoms with Gasteiger partial charge in [-0.1, -0.05) is 48.5 Å². The molecule has 0 saturated carbocycles. The minimum atomic E-state index is 0.506. The average molecular weight is 395 g/mol. The molecule has 0 aliphatic heterocycles. The molecular formula is C25H30O4. The van der Waals surface area contributed by atoms with Crippen LogP contribution in [0.4, 0.5) is 0 Å². The van der Waals surface area contributed by atoms with Crippen LogP contribution in [0, 0.1) is 13.8 Å². The Morgan fingerprint density at radius 1 is 0.724 bits per heavy atom. The predicted molar refractivity (Wildman–Crippen MR) is 118 cm³/mol. The van der Waals surface area contributed by atoms with Gasteiger partial charge in [0, 0.05) is 12.5 Å². The largest absolute Gasteiger partial charge is 0.491 e. The fraction of sp³-hybridized carbons (Fsp3) is 0.360. The van der Waals surface area contributed by atoms with E-state index in [1.807, 2.05) is 6.07 Å². The molecule has 0 heterocycles. The molecule has 0 N–H and O–H groups in total. The van der Waals surface area contributed by atoms with Crippen LogP contribution in [0.15, 0.2) is 54.6 Å². The lowest BCUT2D eigenvalue weighted by atomic mass is 9.93. The van der Waals surface area contributed by atoms with E-state index in [0.717, 1.165) is 5.75 Å². The molecule has 4 nitrogen and oxygen atoms in total. The number of fused-ring (bicyclic) bond motifs is 1. The minimum Gasteiger partial charge on any atom is -0.491 e. The SMILES string of the molecule is COCCOCCOCCOc1cc(C)cc2c(-c3ccccc3)ccc(C)c12. The Balaban J connectivity index is 1.69. The number of hydrogen-bond donors (Lipinski definition) is 0. The van der Waals surface area contributed by atoms with Gasteiger partial charge in [0.1, 0.15) is 12.4 Å². The van der Waals surface area contributed by atoms with Gasteiger partial charge in [0.05, 0.1) is 33.0 Å². The molecule has 0 unspecified atom stereocenters. The fourth-order valence-corrected chi connectivity index (χ4v) is 3.41. The molecule has 154 valence electrons. The van der Waals surface area contributed by atoms with Crippen LogP contribution in [0.5, 0.6) is 5.75 Å². The van der Waals surface area contributed by atoms with Crippen molar-refractivity contribution in [2.45, 2.75) is 13.8 Å². The van der Waals surface area contributed by atoms with E-state index in [9.17, 15) is 0 Å². The molecule has 0 fully saturated rings. The van der Waals surface area contributed by atoms with E-state index in [-0.39, 0.29) is 0 Å². The molecule has 0 aliphatic rings. The van der Waals surface area contributed by atoms with Crippen LogP contribution in [0.25, 0.3) is 21.9 Å². The first-order valence-electron chi connectivity index (χ1n) is 10.1. The zero-order chi connectivity index (χ0) is 20.5. The third kappa shape index (κ3) is 5.80. The first-order chi connectivity index (χ1) is 14.2. The van der Waals surface area contributed by atoms with E-state index in [0.29, 0.717) is 39.6 Å². The van der Waals surface area contributed by atoms with Gasteiger partial charge in [-0.05, 0) is 47.6 Å². The highest BCUT2D eigenvalue weighted by Gasteiger charge is 2.12. The van der Waals surface area contributed by atoms with Crippen LogP contribution in [-0.2, 0) is 14.2 Å².